The highest BCUT2D eigenvalue weighted by Crippen LogP contribution is 2.28. The number of alkyl halides is 3. The molecule has 24 heavy (non-hydrogen) atoms. The predicted octanol–water partition coefficient (Wildman–Crippen LogP) is 4.02. The Hall–Kier alpha value is -3.10. The Morgan fingerprint density at radius 2 is 1.50 bits per heavy atom. The largest absolute Gasteiger partial charge is 0.573 e. The van der Waals surface area contributed by atoms with Crippen LogP contribution in [-0.2, 0) is 0 Å². The van der Waals surface area contributed by atoms with Crippen molar-refractivity contribution < 1.29 is 26.7 Å². The average molecular weight is 339 g/mol. The first-order valence-electron chi connectivity index (χ1n) is 6.57. The lowest BCUT2D eigenvalue weighted by molar-refractivity contribution is -0.274. The second-order valence-corrected chi connectivity index (χ2v) is 4.72. The van der Waals surface area contributed by atoms with E-state index < -0.39 is 12.2 Å². The fraction of sp³-hybridized carbons (Fsp3) is 0.0667. The van der Waals surface area contributed by atoms with Crippen LogP contribution in [0.1, 0.15) is 0 Å². The van der Waals surface area contributed by atoms with E-state index in [0.717, 1.165) is 18.2 Å². The van der Waals surface area contributed by atoms with E-state index in [4.69, 9.17) is 10.2 Å². The Bertz CT molecular complexity index is 860. The van der Waals surface area contributed by atoms with Crippen LogP contribution < -0.4 is 10.5 Å². The number of ether oxygens (including phenoxy) is 1. The van der Waals surface area contributed by atoms with Crippen LogP contribution in [0.3, 0.4) is 0 Å². The standard InChI is InChI=1S/C15H9F4N3O2/c16-11-7-9(3-6-12(11)20)14-22-21-13(23-14)8-1-4-10(5-2-8)24-15(17,18)19/h1-7H,20H2. The molecule has 2 aromatic carbocycles. The molecule has 3 rings (SSSR count). The van der Waals surface area contributed by atoms with Gasteiger partial charge in [-0.15, -0.1) is 23.4 Å². The van der Waals surface area contributed by atoms with Gasteiger partial charge in [0.2, 0.25) is 11.8 Å². The van der Waals surface area contributed by atoms with Crippen molar-refractivity contribution in [3.63, 3.8) is 0 Å². The van der Waals surface area contributed by atoms with E-state index in [-0.39, 0.29) is 23.2 Å². The number of anilines is 1. The lowest BCUT2D eigenvalue weighted by Gasteiger charge is -2.08. The van der Waals surface area contributed by atoms with Crippen molar-refractivity contribution in [1.29, 1.82) is 0 Å². The van der Waals surface area contributed by atoms with Crippen LogP contribution >= 0.6 is 0 Å². The Morgan fingerprint density at radius 3 is 2.08 bits per heavy atom. The van der Waals surface area contributed by atoms with Gasteiger partial charge in [0.05, 0.1) is 5.69 Å². The molecular formula is C15H9F4N3O2. The van der Waals surface area contributed by atoms with Gasteiger partial charge in [0.15, 0.2) is 0 Å². The molecular weight excluding hydrogens is 330 g/mol. The zero-order chi connectivity index (χ0) is 17.3. The molecule has 5 nitrogen and oxygen atoms in total. The van der Waals surface area contributed by atoms with Crippen molar-refractivity contribution in [2.24, 2.45) is 0 Å². The van der Waals surface area contributed by atoms with Gasteiger partial charge in [-0.1, -0.05) is 0 Å². The fourth-order valence-corrected chi connectivity index (χ4v) is 1.92. The third-order valence-corrected chi connectivity index (χ3v) is 3.01. The molecule has 0 atom stereocenters. The van der Waals surface area contributed by atoms with Gasteiger partial charge in [-0.3, -0.25) is 0 Å². The molecule has 1 heterocycles. The van der Waals surface area contributed by atoms with Crippen LogP contribution in [0.5, 0.6) is 5.75 Å². The summed E-state index contributed by atoms with van der Waals surface area (Å²) in [7, 11) is 0. The number of rotatable bonds is 3. The molecule has 0 aliphatic carbocycles. The quantitative estimate of drug-likeness (QED) is 0.576. The van der Waals surface area contributed by atoms with E-state index in [9.17, 15) is 17.6 Å². The molecule has 124 valence electrons. The summed E-state index contributed by atoms with van der Waals surface area (Å²) >= 11 is 0. The van der Waals surface area contributed by atoms with Crippen molar-refractivity contribution in [3.05, 3.63) is 48.3 Å². The molecule has 0 amide bonds. The summed E-state index contributed by atoms with van der Waals surface area (Å²) in [6.45, 7) is 0. The van der Waals surface area contributed by atoms with E-state index >= 15 is 0 Å². The second-order valence-electron chi connectivity index (χ2n) is 4.72. The van der Waals surface area contributed by atoms with Gasteiger partial charge < -0.3 is 14.9 Å². The number of nitrogens with zero attached hydrogens (tertiary/aromatic N) is 2. The number of hydrogen-bond acceptors (Lipinski definition) is 5. The first kappa shape index (κ1) is 15.8. The summed E-state index contributed by atoms with van der Waals surface area (Å²) in [6, 6.07) is 8.93. The van der Waals surface area contributed by atoms with E-state index in [1.807, 2.05) is 0 Å². The van der Waals surface area contributed by atoms with Crippen LogP contribution in [0.4, 0.5) is 23.2 Å². The van der Waals surface area contributed by atoms with Gasteiger partial charge in [-0.25, -0.2) is 4.39 Å². The summed E-state index contributed by atoms with van der Waals surface area (Å²) in [5.74, 6) is -0.868. The van der Waals surface area contributed by atoms with Gasteiger partial charge in [0.25, 0.3) is 0 Å². The van der Waals surface area contributed by atoms with Crippen molar-refractivity contribution in [3.8, 4) is 28.7 Å². The highest BCUT2D eigenvalue weighted by molar-refractivity contribution is 5.60. The zero-order valence-electron chi connectivity index (χ0n) is 11.8. The minimum Gasteiger partial charge on any atom is -0.416 e. The van der Waals surface area contributed by atoms with Crippen LogP contribution in [0.2, 0.25) is 0 Å². The molecule has 3 aromatic rings. The molecule has 0 bridgehead atoms. The third kappa shape index (κ3) is 3.45. The second kappa shape index (κ2) is 5.84. The molecule has 2 N–H and O–H groups in total. The molecule has 0 aliphatic heterocycles. The van der Waals surface area contributed by atoms with Gasteiger partial charge in [0, 0.05) is 11.1 Å². The number of nitrogen functional groups attached to an aromatic ring is 1. The topological polar surface area (TPSA) is 74.2 Å². The number of nitrogens with two attached hydrogens (primary N) is 1. The summed E-state index contributed by atoms with van der Waals surface area (Å²) in [6.07, 6.45) is -4.77. The normalized spacial score (nSPS) is 11.5. The molecule has 0 aliphatic rings. The fourth-order valence-electron chi connectivity index (χ4n) is 1.92. The zero-order valence-corrected chi connectivity index (χ0v) is 11.8. The minimum absolute atomic E-state index is 0.0151. The maximum absolute atomic E-state index is 13.5. The number of benzene rings is 2. The summed E-state index contributed by atoms with van der Waals surface area (Å²) in [5.41, 5.74) is 6.09. The predicted molar refractivity (Wildman–Crippen MR) is 76.2 cm³/mol. The smallest absolute Gasteiger partial charge is 0.416 e. The SMILES string of the molecule is Nc1ccc(-c2nnc(-c3ccc(OC(F)(F)F)cc3)o2)cc1F. The van der Waals surface area contributed by atoms with Crippen molar-refractivity contribution >= 4 is 5.69 Å². The first-order chi connectivity index (χ1) is 11.3. The number of halogens is 4. The molecule has 0 unspecified atom stereocenters. The monoisotopic (exact) mass is 339 g/mol. The Labute approximate surface area is 132 Å². The molecule has 0 radical (unpaired) electrons. The van der Waals surface area contributed by atoms with Gasteiger partial charge >= 0.3 is 6.36 Å². The van der Waals surface area contributed by atoms with Crippen LogP contribution in [0.25, 0.3) is 22.9 Å². The summed E-state index contributed by atoms with van der Waals surface area (Å²) < 4.78 is 59.0. The molecule has 0 saturated carbocycles. The van der Waals surface area contributed by atoms with Crippen LogP contribution in [0.15, 0.2) is 46.9 Å². The number of hydrogen-bond donors (Lipinski definition) is 1. The highest BCUT2D eigenvalue weighted by Gasteiger charge is 2.31. The molecule has 9 heteroatoms. The van der Waals surface area contributed by atoms with E-state index in [1.54, 1.807) is 0 Å². The summed E-state index contributed by atoms with van der Waals surface area (Å²) in [4.78, 5) is 0. The van der Waals surface area contributed by atoms with Gasteiger partial charge in [-0.2, -0.15) is 0 Å². The summed E-state index contributed by atoms with van der Waals surface area (Å²) in [5, 5.41) is 7.57. The van der Waals surface area contributed by atoms with E-state index in [1.165, 1.54) is 24.3 Å². The minimum atomic E-state index is -4.77. The van der Waals surface area contributed by atoms with Crippen LogP contribution in [-0.4, -0.2) is 16.6 Å². The third-order valence-electron chi connectivity index (χ3n) is 3.01. The number of aromatic nitrogens is 2. The highest BCUT2D eigenvalue weighted by atomic mass is 19.4. The van der Waals surface area contributed by atoms with Crippen molar-refractivity contribution in [2.75, 3.05) is 5.73 Å². The Kier molecular flexibility index (Phi) is 3.84. The van der Waals surface area contributed by atoms with Crippen molar-refractivity contribution in [2.45, 2.75) is 6.36 Å². The van der Waals surface area contributed by atoms with Gasteiger partial charge in [-0.05, 0) is 42.5 Å². The Morgan fingerprint density at radius 1 is 0.917 bits per heavy atom. The lowest BCUT2D eigenvalue weighted by atomic mass is 10.2. The van der Waals surface area contributed by atoms with E-state index in [2.05, 4.69) is 14.9 Å². The average Bonchev–Trinajstić information content (AvgIpc) is 2.99. The van der Waals surface area contributed by atoms with Crippen LogP contribution in [0, 0.1) is 5.82 Å². The van der Waals surface area contributed by atoms with E-state index in [0.29, 0.717) is 11.1 Å². The maximum Gasteiger partial charge on any atom is 0.573 e. The van der Waals surface area contributed by atoms with Crippen molar-refractivity contribution in [1.82, 2.24) is 10.2 Å². The molecule has 1 aromatic heterocycles. The molecule has 0 saturated heterocycles. The lowest BCUT2D eigenvalue weighted by Crippen LogP contribution is -2.16. The maximum atomic E-state index is 13.5. The molecule has 0 spiro atoms. The van der Waals surface area contributed by atoms with Gasteiger partial charge in [0.1, 0.15) is 11.6 Å². The first-order valence-corrected chi connectivity index (χ1v) is 6.57. The Balaban J connectivity index is 1.84. The molecule has 0 fully saturated rings.